The van der Waals surface area contributed by atoms with Gasteiger partial charge in [-0.25, -0.2) is 0 Å². The van der Waals surface area contributed by atoms with Gasteiger partial charge in [-0.3, -0.25) is 19.1 Å². The summed E-state index contributed by atoms with van der Waals surface area (Å²) in [4.78, 5) is 30.7. The Morgan fingerprint density at radius 3 is 2.66 bits per heavy atom. The topological polar surface area (TPSA) is 87.8 Å². The number of anilines is 1. The first-order valence-corrected chi connectivity index (χ1v) is 12.7. The molecule has 0 saturated carbocycles. The molecule has 2 aromatic rings. The number of thiocarbonyl (C=S) groups is 1. The van der Waals surface area contributed by atoms with Crippen LogP contribution in [0.4, 0.5) is 5.82 Å². The van der Waals surface area contributed by atoms with Crippen molar-refractivity contribution in [3.05, 3.63) is 55.7 Å². The minimum Gasteiger partial charge on any atom is -0.454 e. The van der Waals surface area contributed by atoms with Crippen LogP contribution in [0.25, 0.3) is 6.08 Å². The summed E-state index contributed by atoms with van der Waals surface area (Å²) < 4.78 is 12.9. The van der Waals surface area contributed by atoms with Gasteiger partial charge in [-0.1, -0.05) is 30.0 Å². The predicted octanol–water partition coefficient (Wildman–Crippen LogP) is 3.78. The molecule has 3 aliphatic rings. The maximum absolute atomic E-state index is 13.4. The molecule has 10 heteroatoms. The summed E-state index contributed by atoms with van der Waals surface area (Å²) in [5.41, 5.74) is 2.02. The summed E-state index contributed by atoms with van der Waals surface area (Å²) in [6, 6.07) is 7.65. The normalized spacial score (nSPS) is 18.1. The highest BCUT2D eigenvalue weighted by molar-refractivity contribution is 8.26. The highest BCUT2D eigenvalue weighted by Crippen LogP contribution is 2.38. The first kappa shape index (κ1) is 23.5. The number of thioether (sulfide) groups is 1. The second-order valence-corrected chi connectivity index (χ2v) is 10.2. The lowest BCUT2D eigenvalue weighted by Gasteiger charge is -2.26. The van der Waals surface area contributed by atoms with Gasteiger partial charge >= 0.3 is 0 Å². The molecule has 5 rings (SSSR count). The second kappa shape index (κ2) is 9.40. The molecule has 2 saturated heterocycles. The van der Waals surface area contributed by atoms with E-state index in [-0.39, 0.29) is 23.8 Å². The van der Waals surface area contributed by atoms with Crippen LogP contribution in [0.5, 0.6) is 11.5 Å². The zero-order valence-corrected chi connectivity index (χ0v) is 21.1. The Hall–Kier alpha value is -3.29. The van der Waals surface area contributed by atoms with Gasteiger partial charge in [0.15, 0.2) is 11.5 Å². The van der Waals surface area contributed by atoms with E-state index in [2.05, 4.69) is 11.0 Å². The van der Waals surface area contributed by atoms with Crippen LogP contribution in [0, 0.1) is 18.3 Å². The fraction of sp³-hybridized carbons (Fsp3) is 0.360. The van der Waals surface area contributed by atoms with Crippen LogP contribution in [0.2, 0.25) is 0 Å². The highest BCUT2D eigenvalue weighted by atomic mass is 32.2. The Labute approximate surface area is 212 Å². The molecule has 0 atom stereocenters. The summed E-state index contributed by atoms with van der Waals surface area (Å²) in [7, 11) is 0. The maximum Gasteiger partial charge on any atom is 0.270 e. The van der Waals surface area contributed by atoms with Crippen LogP contribution in [0.1, 0.15) is 42.0 Å². The van der Waals surface area contributed by atoms with E-state index in [1.54, 1.807) is 22.5 Å². The lowest BCUT2D eigenvalue weighted by molar-refractivity contribution is -0.122. The minimum atomic E-state index is -0.290. The smallest absolute Gasteiger partial charge is 0.270 e. The van der Waals surface area contributed by atoms with E-state index in [9.17, 15) is 14.9 Å². The van der Waals surface area contributed by atoms with Crippen LogP contribution >= 0.6 is 24.0 Å². The van der Waals surface area contributed by atoms with Gasteiger partial charge in [-0.15, -0.1) is 0 Å². The standard InChI is InChI=1S/C25H24N4O4S2/c1-3-28-22(27-8-4-5-9-27)17(15(2)18(12-26)23(28)30)11-21-24(31)29(25(34)35-21)13-16-6-7-19-20(10-16)33-14-32-19/h6-7,10-11H,3-5,8-9,13-14H2,1-2H3/b21-11-. The molecule has 0 spiro atoms. The molecule has 1 aromatic carbocycles. The van der Waals surface area contributed by atoms with Crippen molar-refractivity contribution in [3.63, 3.8) is 0 Å². The van der Waals surface area contributed by atoms with Gasteiger partial charge in [0.25, 0.3) is 11.5 Å². The molecule has 8 nitrogen and oxygen atoms in total. The molecule has 0 radical (unpaired) electrons. The number of carbonyl (C=O) groups excluding carboxylic acids is 1. The zero-order chi connectivity index (χ0) is 24.7. The minimum absolute atomic E-state index is 0.108. The van der Waals surface area contributed by atoms with E-state index in [1.165, 1.54) is 11.8 Å². The molecule has 3 aliphatic heterocycles. The van der Waals surface area contributed by atoms with E-state index in [4.69, 9.17) is 21.7 Å². The molecule has 1 aromatic heterocycles. The van der Waals surface area contributed by atoms with Crippen LogP contribution < -0.4 is 19.9 Å². The largest absolute Gasteiger partial charge is 0.454 e. The van der Waals surface area contributed by atoms with Gasteiger partial charge in [-0.05, 0) is 56.0 Å². The average molecular weight is 509 g/mol. The van der Waals surface area contributed by atoms with Crippen molar-refractivity contribution in [2.24, 2.45) is 0 Å². The van der Waals surface area contributed by atoms with E-state index in [1.807, 2.05) is 25.1 Å². The van der Waals surface area contributed by atoms with Gasteiger partial charge in [0, 0.05) is 25.2 Å². The number of rotatable bonds is 5. The van der Waals surface area contributed by atoms with Crippen molar-refractivity contribution in [1.29, 1.82) is 5.26 Å². The van der Waals surface area contributed by atoms with Crippen LogP contribution in [-0.2, 0) is 17.9 Å². The molecule has 180 valence electrons. The number of pyridine rings is 1. The molecular formula is C25H24N4O4S2. The Kier molecular flexibility index (Phi) is 6.30. The lowest BCUT2D eigenvalue weighted by Crippen LogP contribution is -2.32. The predicted molar refractivity (Wildman–Crippen MR) is 139 cm³/mol. The number of benzene rings is 1. The molecule has 0 bridgehead atoms. The number of hydrogen-bond acceptors (Lipinski definition) is 8. The van der Waals surface area contributed by atoms with Crippen molar-refractivity contribution in [3.8, 4) is 17.6 Å². The number of hydrogen-bond donors (Lipinski definition) is 0. The number of amides is 1. The summed E-state index contributed by atoms with van der Waals surface area (Å²) in [6.45, 7) is 6.27. The molecule has 1 amide bonds. The summed E-state index contributed by atoms with van der Waals surface area (Å²) in [5, 5.41) is 9.71. The number of nitrogens with zero attached hydrogens (tertiary/aromatic N) is 4. The van der Waals surface area contributed by atoms with E-state index >= 15 is 0 Å². The fourth-order valence-electron chi connectivity index (χ4n) is 4.70. The third-order valence-corrected chi connectivity index (χ3v) is 7.87. The number of aromatic nitrogens is 1. The molecule has 0 unspecified atom stereocenters. The molecular weight excluding hydrogens is 484 g/mol. The van der Waals surface area contributed by atoms with Crippen LogP contribution in [0.3, 0.4) is 0 Å². The Morgan fingerprint density at radius 1 is 1.20 bits per heavy atom. The number of ether oxygens (including phenoxy) is 2. The van der Waals surface area contributed by atoms with Crippen molar-refractivity contribution >= 4 is 46.1 Å². The summed E-state index contributed by atoms with van der Waals surface area (Å²) in [5.74, 6) is 1.91. The maximum atomic E-state index is 13.4. The third-order valence-electron chi connectivity index (χ3n) is 6.49. The molecule has 35 heavy (non-hydrogen) atoms. The SMILES string of the molecule is CCn1c(N2CCCC2)c(/C=C2\SC(=S)N(Cc3ccc4c(c3)OCO4)C2=O)c(C)c(C#N)c1=O. The van der Waals surface area contributed by atoms with Gasteiger partial charge in [0.1, 0.15) is 21.8 Å². The Morgan fingerprint density at radius 2 is 1.94 bits per heavy atom. The van der Waals surface area contributed by atoms with Crippen molar-refractivity contribution in [2.75, 3.05) is 24.8 Å². The highest BCUT2D eigenvalue weighted by Gasteiger charge is 2.34. The summed E-state index contributed by atoms with van der Waals surface area (Å²) in [6.07, 6.45) is 3.87. The van der Waals surface area contributed by atoms with Gasteiger partial charge in [0.05, 0.1) is 11.4 Å². The number of carbonyl (C=O) groups is 1. The second-order valence-electron chi connectivity index (χ2n) is 8.55. The monoisotopic (exact) mass is 508 g/mol. The first-order chi connectivity index (χ1) is 16.9. The van der Waals surface area contributed by atoms with Crippen LogP contribution in [0.15, 0.2) is 27.9 Å². The van der Waals surface area contributed by atoms with Crippen molar-refractivity contribution in [2.45, 2.75) is 39.8 Å². The summed E-state index contributed by atoms with van der Waals surface area (Å²) >= 11 is 6.79. The van der Waals surface area contributed by atoms with Crippen LogP contribution in [-0.4, -0.2) is 39.6 Å². The van der Waals surface area contributed by atoms with E-state index in [0.29, 0.717) is 39.4 Å². The van der Waals surface area contributed by atoms with Gasteiger partial charge < -0.3 is 14.4 Å². The molecule has 4 heterocycles. The van der Waals surface area contributed by atoms with Gasteiger partial charge in [0.2, 0.25) is 6.79 Å². The quantitative estimate of drug-likeness (QED) is 0.446. The van der Waals surface area contributed by atoms with Gasteiger partial charge in [-0.2, -0.15) is 5.26 Å². The van der Waals surface area contributed by atoms with Crippen molar-refractivity contribution in [1.82, 2.24) is 9.47 Å². The number of nitriles is 1. The Bertz CT molecular complexity index is 1370. The molecule has 2 fully saturated rings. The average Bonchev–Trinajstić information content (AvgIpc) is 3.59. The van der Waals surface area contributed by atoms with E-state index < -0.39 is 0 Å². The third kappa shape index (κ3) is 4.09. The van der Waals surface area contributed by atoms with E-state index in [0.717, 1.165) is 42.9 Å². The zero-order valence-electron chi connectivity index (χ0n) is 19.5. The fourth-order valence-corrected chi connectivity index (χ4v) is 5.93. The number of fused-ring (bicyclic) bond motifs is 1. The lowest BCUT2D eigenvalue weighted by atomic mass is 10.0. The molecule has 0 aliphatic carbocycles. The Balaban J connectivity index is 1.54. The van der Waals surface area contributed by atoms with Crippen molar-refractivity contribution < 1.29 is 14.3 Å². The first-order valence-electron chi connectivity index (χ1n) is 11.5. The molecule has 0 N–H and O–H groups in total.